The van der Waals surface area contributed by atoms with Crippen LogP contribution >= 0.6 is 0 Å². The molecule has 3 rings (SSSR count). The van der Waals surface area contributed by atoms with Crippen LogP contribution in [0.4, 0.5) is 0 Å². The number of benzene rings is 2. The second-order valence-corrected chi connectivity index (χ2v) is 11.0. The van der Waals surface area contributed by atoms with E-state index in [1.807, 2.05) is 43.9 Å². The van der Waals surface area contributed by atoms with Crippen molar-refractivity contribution in [2.24, 2.45) is 17.8 Å². The standard InChI is InChI=1S/C31H43N3O4/c1-5-10-26(30(36)33-38)27(17-21(2)3)29(35)32-28-15-6-7-16-34(31(28)37)20-23-12-9-14-25(19-23)24-13-8-11-22(4)18-24/h8-9,11-14,18-19,21,26-28,38H,5-7,10,15-17,20H2,1-4H3,(H,32,35)(H,33,36)/t26-,27?,28?/m0/s1. The maximum atomic E-state index is 13.6. The molecular formula is C31H43N3O4. The normalized spacial score (nSPS) is 17.6. The summed E-state index contributed by atoms with van der Waals surface area (Å²) in [5, 5.41) is 12.3. The van der Waals surface area contributed by atoms with E-state index in [0.717, 1.165) is 29.5 Å². The first-order valence-electron chi connectivity index (χ1n) is 13.9. The molecule has 1 aliphatic rings. The quantitative estimate of drug-likeness (QED) is 0.278. The molecule has 1 fully saturated rings. The first-order valence-corrected chi connectivity index (χ1v) is 13.9. The average Bonchev–Trinajstić information content (AvgIpc) is 3.06. The van der Waals surface area contributed by atoms with Gasteiger partial charge in [0.15, 0.2) is 0 Å². The molecule has 206 valence electrons. The van der Waals surface area contributed by atoms with Gasteiger partial charge in [-0.15, -0.1) is 0 Å². The lowest BCUT2D eigenvalue weighted by Crippen LogP contribution is -2.51. The average molecular weight is 522 g/mol. The van der Waals surface area contributed by atoms with Gasteiger partial charge in [-0.1, -0.05) is 75.2 Å². The number of carbonyl (C=O) groups excluding carboxylic acids is 3. The zero-order valence-corrected chi connectivity index (χ0v) is 23.2. The van der Waals surface area contributed by atoms with E-state index in [2.05, 4.69) is 42.6 Å². The lowest BCUT2D eigenvalue weighted by Gasteiger charge is -2.29. The summed E-state index contributed by atoms with van der Waals surface area (Å²) in [4.78, 5) is 41.4. The van der Waals surface area contributed by atoms with E-state index in [9.17, 15) is 19.6 Å². The Hall–Kier alpha value is -3.19. The minimum Gasteiger partial charge on any atom is -0.344 e. The van der Waals surface area contributed by atoms with Crippen LogP contribution in [-0.2, 0) is 20.9 Å². The Morgan fingerprint density at radius 3 is 2.39 bits per heavy atom. The van der Waals surface area contributed by atoms with Crippen LogP contribution in [0.3, 0.4) is 0 Å². The van der Waals surface area contributed by atoms with Gasteiger partial charge in [-0.05, 0) is 67.7 Å². The van der Waals surface area contributed by atoms with Gasteiger partial charge in [0.25, 0.3) is 0 Å². The molecule has 0 radical (unpaired) electrons. The number of rotatable bonds is 11. The van der Waals surface area contributed by atoms with Crippen LogP contribution in [0.1, 0.15) is 70.4 Å². The monoisotopic (exact) mass is 521 g/mol. The molecule has 0 bridgehead atoms. The lowest BCUT2D eigenvalue weighted by atomic mass is 9.81. The minimum atomic E-state index is -0.645. The summed E-state index contributed by atoms with van der Waals surface area (Å²) < 4.78 is 0. The Morgan fingerprint density at radius 1 is 1.03 bits per heavy atom. The van der Waals surface area contributed by atoms with Crippen molar-refractivity contribution < 1.29 is 19.6 Å². The zero-order chi connectivity index (χ0) is 27.7. The molecule has 38 heavy (non-hydrogen) atoms. The van der Waals surface area contributed by atoms with Crippen molar-refractivity contribution in [2.75, 3.05) is 6.54 Å². The van der Waals surface area contributed by atoms with E-state index in [1.165, 1.54) is 5.56 Å². The summed E-state index contributed by atoms with van der Waals surface area (Å²) in [6, 6.07) is 16.0. The van der Waals surface area contributed by atoms with Gasteiger partial charge in [-0.25, -0.2) is 5.48 Å². The minimum absolute atomic E-state index is 0.0845. The maximum absolute atomic E-state index is 13.6. The molecule has 1 aliphatic heterocycles. The van der Waals surface area contributed by atoms with Gasteiger partial charge in [0.1, 0.15) is 6.04 Å². The summed E-state index contributed by atoms with van der Waals surface area (Å²) in [6.45, 7) is 9.15. The second kappa shape index (κ2) is 14.1. The van der Waals surface area contributed by atoms with Crippen LogP contribution in [0.2, 0.25) is 0 Å². The van der Waals surface area contributed by atoms with Crippen molar-refractivity contribution in [3.05, 3.63) is 59.7 Å². The number of hydroxylamine groups is 1. The lowest BCUT2D eigenvalue weighted by molar-refractivity contribution is -0.143. The number of aryl methyl sites for hydroxylation is 1. The van der Waals surface area contributed by atoms with E-state index in [-0.39, 0.29) is 17.7 Å². The molecule has 3 amide bonds. The van der Waals surface area contributed by atoms with Crippen molar-refractivity contribution in [3.8, 4) is 11.1 Å². The van der Waals surface area contributed by atoms with E-state index >= 15 is 0 Å². The summed E-state index contributed by atoms with van der Waals surface area (Å²) in [7, 11) is 0. The number of nitrogens with one attached hydrogen (secondary N) is 2. The second-order valence-electron chi connectivity index (χ2n) is 11.0. The van der Waals surface area contributed by atoms with Gasteiger partial charge in [0.05, 0.1) is 5.92 Å². The fourth-order valence-corrected chi connectivity index (χ4v) is 5.44. The van der Waals surface area contributed by atoms with Crippen molar-refractivity contribution in [2.45, 2.75) is 78.8 Å². The van der Waals surface area contributed by atoms with Gasteiger partial charge in [0.2, 0.25) is 17.7 Å². The Bertz CT molecular complexity index is 1100. The summed E-state index contributed by atoms with van der Waals surface area (Å²) in [5.74, 6) is -2.00. The van der Waals surface area contributed by atoms with Gasteiger partial charge in [0, 0.05) is 19.0 Å². The highest BCUT2D eigenvalue weighted by Crippen LogP contribution is 2.27. The van der Waals surface area contributed by atoms with Gasteiger partial charge >= 0.3 is 0 Å². The fourth-order valence-electron chi connectivity index (χ4n) is 5.44. The summed E-state index contributed by atoms with van der Waals surface area (Å²) >= 11 is 0. The SMILES string of the molecule is CCC[C@H](C(=O)NO)C(CC(C)C)C(=O)NC1CCCCN(Cc2cccc(-c3cccc(C)c3)c2)C1=O. The van der Waals surface area contributed by atoms with Crippen LogP contribution in [-0.4, -0.2) is 40.4 Å². The molecule has 2 aromatic carbocycles. The molecule has 1 heterocycles. The number of nitrogens with zero attached hydrogens (tertiary/aromatic N) is 1. The Labute approximate surface area is 227 Å². The number of amides is 3. The topological polar surface area (TPSA) is 98.7 Å². The van der Waals surface area contributed by atoms with Gasteiger partial charge in [-0.3, -0.25) is 19.6 Å². The van der Waals surface area contributed by atoms with Gasteiger partial charge < -0.3 is 10.2 Å². The predicted octanol–water partition coefficient (Wildman–Crippen LogP) is 5.24. The number of likely N-dealkylation sites (tertiary alicyclic amines) is 1. The molecule has 0 aromatic heterocycles. The Balaban J connectivity index is 1.76. The summed E-state index contributed by atoms with van der Waals surface area (Å²) in [5.41, 5.74) is 6.24. The zero-order valence-electron chi connectivity index (χ0n) is 23.2. The van der Waals surface area contributed by atoms with E-state index < -0.39 is 23.8 Å². The highest BCUT2D eigenvalue weighted by molar-refractivity contribution is 5.91. The molecular weight excluding hydrogens is 478 g/mol. The van der Waals surface area contributed by atoms with Crippen molar-refractivity contribution in [1.29, 1.82) is 0 Å². The molecule has 0 saturated carbocycles. The van der Waals surface area contributed by atoms with Crippen LogP contribution < -0.4 is 10.8 Å². The first-order chi connectivity index (χ1) is 18.2. The van der Waals surface area contributed by atoms with Crippen molar-refractivity contribution >= 4 is 17.7 Å². The molecule has 7 heteroatoms. The van der Waals surface area contributed by atoms with Crippen LogP contribution in [0.15, 0.2) is 48.5 Å². The van der Waals surface area contributed by atoms with Crippen molar-refractivity contribution in [1.82, 2.24) is 15.7 Å². The van der Waals surface area contributed by atoms with E-state index in [1.54, 1.807) is 5.48 Å². The van der Waals surface area contributed by atoms with Crippen LogP contribution in [0.25, 0.3) is 11.1 Å². The molecule has 0 spiro atoms. The molecule has 7 nitrogen and oxygen atoms in total. The molecule has 3 atom stereocenters. The smallest absolute Gasteiger partial charge is 0.247 e. The van der Waals surface area contributed by atoms with Crippen LogP contribution in [0.5, 0.6) is 0 Å². The summed E-state index contributed by atoms with van der Waals surface area (Å²) in [6.07, 6.45) is 3.97. The number of hydrogen-bond donors (Lipinski definition) is 3. The molecule has 1 saturated heterocycles. The van der Waals surface area contributed by atoms with Gasteiger partial charge in [-0.2, -0.15) is 0 Å². The molecule has 3 N–H and O–H groups in total. The highest BCUT2D eigenvalue weighted by Gasteiger charge is 2.36. The molecule has 0 aliphatic carbocycles. The number of carbonyl (C=O) groups is 3. The largest absolute Gasteiger partial charge is 0.344 e. The molecule has 2 aromatic rings. The third kappa shape index (κ3) is 7.90. The number of hydrogen-bond acceptors (Lipinski definition) is 4. The predicted molar refractivity (Wildman–Crippen MR) is 149 cm³/mol. The third-order valence-electron chi connectivity index (χ3n) is 7.34. The van der Waals surface area contributed by atoms with Crippen molar-refractivity contribution in [3.63, 3.8) is 0 Å². The molecule has 2 unspecified atom stereocenters. The highest BCUT2D eigenvalue weighted by atomic mass is 16.5. The maximum Gasteiger partial charge on any atom is 0.247 e. The third-order valence-corrected chi connectivity index (χ3v) is 7.34. The fraction of sp³-hybridized carbons (Fsp3) is 0.516. The van der Waals surface area contributed by atoms with Crippen LogP contribution in [0, 0.1) is 24.7 Å². The van der Waals surface area contributed by atoms with E-state index in [0.29, 0.717) is 38.8 Å². The Kier molecular flexibility index (Phi) is 10.9. The van der Waals surface area contributed by atoms with E-state index in [4.69, 9.17) is 0 Å². The Morgan fingerprint density at radius 2 is 1.74 bits per heavy atom. The first kappa shape index (κ1) is 29.4.